The number of nitrogens with zero attached hydrogens (tertiary/aromatic N) is 1. The highest BCUT2D eigenvalue weighted by atomic mass is 16.3. The molecule has 0 radical (unpaired) electrons. The molecule has 0 fully saturated rings. The van der Waals surface area contributed by atoms with Crippen molar-refractivity contribution in [2.45, 2.75) is 12.6 Å². The van der Waals surface area contributed by atoms with E-state index in [-0.39, 0.29) is 6.61 Å². The van der Waals surface area contributed by atoms with Crippen molar-refractivity contribution in [3.8, 4) is 6.07 Å². The number of nitriles is 1. The molecule has 1 aromatic carbocycles. The highest BCUT2D eigenvalue weighted by Crippen LogP contribution is 2.03. The van der Waals surface area contributed by atoms with Gasteiger partial charge in [0, 0.05) is 13.1 Å². The van der Waals surface area contributed by atoms with Crippen molar-refractivity contribution in [3.63, 3.8) is 0 Å². The fourth-order valence-corrected chi connectivity index (χ4v) is 1.20. The van der Waals surface area contributed by atoms with E-state index in [0.29, 0.717) is 18.7 Å². The van der Waals surface area contributed by atoms with Crippen LogP contribution in [0, 0.1) is 11.3 Å². The number of hydrogen-bond donors (Lipinski definition) is 3. The summed E-state index contributed by atoms with van der Waals surface area (Å²) in [7, 11) is 0. The smallest absolute Gasteiger partial charge is 0.0991 e. The Bertz CT molecular complexity index is 347. The minimum absolute atomic E-state index is 0.245. The van der Waals surface area contributed by atoms with Crippen LogP contribution in [0.15, 0.2) is 24.3 Å². The summed E-state index contributed by atoms with van der Waals surface area (Å²) in [6.45, 7) is 0.672. The summed E-state index contributed by atoms with van der Waals surface area (Å²) in [5.74, 6) is 0. The van der Waals surface area contributed by atoms with Gasteiger partial charge in [0.05, 0.1) is 24.3 Å². The molecule has 0 unspecified atom stereocenters. The molecule has 4 nitrogen and oxygen atoms in total. The van der Waals surface area contributed by atoms with Gasteiger partial charge in [0.2, 0.25) is 0 Å². The Morgan fingerprint density at radius 2 is 2.27 bits per heavy atom. The summed E-state index contributed by atoms with van der Waals surface area (Å²) in [5.41, 5.74) is 1.61. The van der Waals surface area contributed by atoms with E-state index in [0.717, 1.165) is 5.56 Å². The molecule has 0 aliphatic heterocycles. The van der Waals surface area contributed by atoms with Crippen molar-refractivity contribution in [2.75, 3.05) is 13.2 Å². The molecule has 0 heterocycles. The first kappa shape index (κ1) is 11.7. The molecule has 1 atom stereocenters. The van der Waals surface area contributed by atoms with Crippen molar-refractivity contribution in [2.24, 2.45) is 0 Å². The average molecular weight is 206 g/mol. The minimum Gasteiger partial charge on any atom is -0.394 e. The molecule has 0 saturated heterocycles. The second kappa shape index (κ2) is 6.14. The van der Waals surface area contributed by atoms with Crippen LogP contribution in [-0.4, -0.2) is 29.5 Å². The predicted molar refractivity (Wildman–Crippen MR) is 56.0 cm³/mol. The molecule has 0 amide bonds. The number of aliphatic hydroxyl groups is 2. The fraction of sp³-hybridized carbons (Fsp3) is 0.364. The summed E-state index contributed by atoms with van der Waals surface area (Å²) < 4.78 is 0. The van der Waals surface area contributed by atoms with Crippen molar-refractivity contribution < 1.29 is 10.2 Å². The second-order valence-corrected chi connectivity index (χ2v) is 3.28. The maximum atomic E-state index is 9.07. The van der Waals surface area contributed by atoms with E-state index in [1.54, 1.807) is 12.1 Å². The van der Waals surface area contributed by atoms with Crippen molar-refractivity contribution >= 4 is 0 Å². The van der Waals surface area contributed by atoms with E-state index in [2.05, 4.69) is 11.4 Å². The monoisotopic (exact) mass is 206 g/mol. The maximum absolute atomic E-state index is 9.07. The third kappa shape index (κ3) is 4.09. The molecule has 4 heteroatoms. The first-order valence-electron chi connectivity index (χ1n) is 4.75. The normalized spacial score (nSPS) is 12.1. The quantitative estimate of drug-likeness (QED) is 0.634. The van der Waals surface area contributed by atoms with Crippen LogP contribution < -0.4 is 5.32 Å². The van der Waals surface area contributed by atoms with Crippen LogP contribution in [0.2, 0.25) is 0 Å². The number of rotatable bonds is 5. The third-order valence-corrected chi connectivity index (χ3v) is 1.98. The molecule has 0 aliphatic carbocycles. The van der Waals surface area contributed by atoms with E-state index >= 15 is 0 Å². The molecule has 0 spiro atoms. The van der Waals surface area contributed by atoms with E-state index in [1.165, 1.54) is 0 Å². The SMILES string of the molecule is N#Cc1cccc(CNC[C@H](O)CO)c1. The first-order chi connectivity index (χ1) is 7.26. The molecule has 0 aliphatic rings. The molecule has 0 saturated carbocycles. The van der Waals surface area contributed by atoms with Crippen LogP contribution in [0.5, 0.6) is 0 Å². The van der Waals surface area contributed by atoms with Crippen LogP contribution in [-0.2, 0) is 6.54 Å². The van der Waals surface area contributed by atoms with Crippen LogP contribution >= 0.6 is 0 Å². The summed E-state index contributed by atoms with van der Waals surface area (Å²) in [4.78, 5) is 0. The summed E-state index contributed by atoms with van der Waals surface area (Å²) in [6.07, 6.45) is -0.732. The lowest BCUT2D eigenvalue weighted by atomic mass is 10.1. The zero-order chi connectivity index (χ0) is 11.1. The molecule has 80 valence electrons. The van der Waals surface area contributed by atoms with Gasteiger partial charge in [0.1, 0.15) is 0 Å². The van der Waals surface area contributed by atoms with E-state index in [4.69, 9.17) is 15.5 Å². The van der Waals surface area contributed by atoms with Gasteiger partial charge in [-0.25, -0.2) is 0 Å². The van der Waals surface area contributed by atoms with Gasteiger partial charge in [0.25, 0.3) is 0 Å². The van der Waals surface area contributed by atoms with Crippen molar-refractivity contribution in [1.82, 2.24) is 5.32 Å². The Morgan fingerprint density at radius 1 is 1.47 bits per heavy atom. The minimum atomic E-state index is -0.732. The van der Waals surface area contributed by atoms with E-state index in [1.807, 2.05) is 12.1 Å². The van der Waals surface area contributed by atoms with Crippen LogP contribution in [0.4, 0.5) is 0 Å². The maximum Gasteiger partial charge on any atom is 0.0991 e. The predicted octanol–water partition coefficient (Wildman–Crippen LogP) is 0.00108. The standard InChI is InChI=1S/C11H14N2O2/c12-5-9-2-1-3-10(4-9)6-13-7-11(15)8-14/h1-4,11,13-15H,6-8H2/t11-/m0/s1. The van der Waals surface area contributed by atoms with Gasteiger partial charge in [-0.2, -0.15) is 5.26 Å². The summed E-state index contributed by atoms with van der Waals surface area (Å²) in [6, 6.07) is 9.31. The summed E-state index contributed by atoms with van der Waals surface area (Å²) >= 11 is 0. The molecule has 0 aromatic heterocycles. The Labute approximate surface area is 88.8 Å². The molecular formula is C11H14N2O2. The van der Waals surface area contributed by atoms with Gasteiger partial charge in [-0.1, -0.05) is 12.1 Å². The van der Waals surface area contributed by atoms with Gasteiger partial charge < -0.3 is 15.5 Å². The topological polar surface area (TPSA) is 76.3 Å². The Morgan fingerprint density at radius 3 is 2.93 bits per heavy atom. The lowest BCUT2D eigenvalue weighted by molar-refractivity contribution is 0.0942. The molecule has 1 aromatic rings. The van der Waals surface area contributed by atoms with Gasteiger partial charge in [-0.05, 0) is 17.7 Å². The molecule has 1 rings (SSSR count). The third-order valence-electron chi connectivity index (χ3n) is 1.98. The fourth-order valence-electron chi connectivity index (χ4n) is 1.20. The Kier molecular flexibility index (Phi) is 4.78. The van der Waals surface area contributed by atoms with Gasteiger partial charge >= 0.3 is 0 Å². The van der Waals surface area contributed by atoms with Gasteiger partial charge in [0.15, 0.2) is 0 Å². The van der Waals surface area contributed by atoms with Gasteiger partial charge in [-0.3, -0.25) is 0 Å². The second-order valence-electron chi connectivity index (χ2n) is 3.28. The lowest BCUT2D eigenvalue weighted by Crippen LogP contribution is -2.28. The largest absolute Gasteiger partial charge is 0.394 e. The van der Waals surface area contributed by atoms with E-state index in [9.17, 15) is 0 Å². The number of benzene rings is 1. The highest BCUT2D eigenvalue weighted by molar-refractivity contribution is 5.32. The van der Waals surface area contributed by atoms with Gasteiger partial charge in [-0.15, -0.1) is 0 Å². The van der Waals surface area contributed by atoms with Crippen LogP contribution in [0.3, 0.4) is 0 Å². The zero-order valence-corrected chi connectivity index (χ0v) is 8.35. The number of hydrogen-bond acceptors (Lipinski definition) is 4. The summed E-state index contributed by atoms with van der Waals surface area (Å²) in [5, 5.41) is 29.3. The molecule has 3 N–H and O–H groups in total. The number of aliphatic hydroxyl groups excluding tert-OH is 2. The Balaban J connectivity index is 2.41. The molecule has 0 bridgehead atoms. The van der Waals surface area contributed by atoms with E-state index < -0.39 is 6.10 Å². The number of nitrogens with one attached hydrogen (secondary N) is 1. The highest BCUT2D eigenvalue weighted by Gasteiger charge is 2.00. The molecule has 15 heavy (non-hydrogen) atoms. The zero-order valence-electron chi connectivity index (χ0n) is 8.35. The van der Waals surface area contributed by atoms with Crippen LogP contribution in [0.1, 0.15) is 11.1 Å². The molecular weight excluding hydrogens is 192 g/mol. The van der Waals surface area contributed by atoms with Crippen LogP contribution in [0.25, 0.3) is 0 Å². The first-order valence-corrected chi connectivity index (χ1v) is 4.75. The van der Waals surface area contributed by atoms with Crippen molar-refractivity contribution in [1.29, 1.82) is 5.26 Å². The lowest BCUT2D eigenvalue weighted by Gasteiger charge is -2.08. The van der Waals surface area contributed by atoms with Crippen molar-refractivity contribution in [3.05, 3.63) is 35.4 Å². The average Bonchev–Trinajstić information content (AvgIpc) is 2.29. The Hall–Kier alpha value is -1.41.